The molecule has 4 rings (SSSR count). The fourth-order valence-corrected chi connectivity index (χ4v) is 6.62. The molecule has 1 unspecified atom stereocenters. The molecule has 21 heavy (non-hydrogen) atoms. The first-order chi connectivity index (χ1) is 10.3. The van der Waals surface area contributed by atoms with Crippen LogP contribution in [0.1, 0.15) is 11.1 Å². The molecule has 104 valence electrons. The maximum absolute atomic E-state index is 2.37. The van der Waals surface area contributed by atoms with Crippen molar-refractivity contribution in [3.05, 3.63) is 84.1 Å². The van der Waals surface area contributed by atoms with E-state index in [0.717, 1.165) is 0 Å². The van der Waals surface area contributed by atoms with Crippen LogP contribution in [-0.4, -0.2) is 16.2 Å². The lowest BCUT2D eigenvalue weighted by atomic mass is 10.0. The highest BCUT2D eigenvalue weighted by Crippen LogP contribution is 2.55. The zero-order valence-electron chi connectivity index (χ0n) is 11.7. The molecule has 0 saturated heterocycles. The van der Waals surface area contributed by atoms with Gasteiger partial charge >= 0.3 is 0 Å². The van der Waals surface area contributed by atoms with Gasteiger partial charge in [0.2, 0.25) is 0 Å². The van der Waals surface area contributed by atoms with Crippen molar-refractivity contribution in [2.45, 2.75) is 0 Å². The van der Waals surface area contributed by atoms with Gasteiger partial charge in [-0.05, 0) is 37.7 Å². The standard InChI is InChI=1S/C18H15NS2/c1-19-13-16(14-8-4-2-5-9-14)18-12-17(20-21(18)19)15-10-6-3-7-11-15/h2-13H,1H3. The number of rotatable bonds is 2. The van der Waals surface area contributed by atoms with Crippen LogP contribution in [0.3, 0.4) is 0 Å². The Hall–Kier alpha value is -1.71. The average molecular weight is 309 g/mol. The van der Waals surface area contributed by atoms with Gasteiger partial charge < -0.3 is 4.31 Å². The van der Waals surface area contributed by atoms with Gasteiger partial charge in [0.15, 0.2) is 0 Å². The monoisotopic (exact) mass is 309 g/mol. The molecule has 0 amide bonds. The number of hydrogen-bond donors (Lipinski definition) is 0. The van der Waals surface area contributed by atoms with E-state index in [2.05, 4.69) is 84.3 Å². The summed E-state index contributed by atoms with van der Waals surface area (Å²) in [4.78, 5) is 2.83. The molecule has 2 aliphatic rings. The van der Waals surface area contributed by atoms with Crippen molar-refractivity contribution >= 4 is 35.8 Å². The minimum Gasteiger partial charge on any atom is -0.322 e. The summed E-state index contributed by atoms with van der Waals surface area (Å²) in [5.41, 5.74) is 3.98. The highest BCUT2D eigenvalue weighted by molar-refractivity contribution is 8.87. The second-order valence-corrected chi connectivity index (χ2v) is 8.59. The molecule has 0 bridgehead atoms. The number of benzene rings is 2. The van der Waals surface area contributed by atoms with E-state index in [9.17, 15) is 0 Å². The summed E-state index contributed by atoms with van der Waals surface area (Å²) >= 11 is 0. The van der Waals surface area contributed by atoms with E-state index in [1.165, 1.54) is 26.5 Å². The molecule has 3 heteroatoms. The van der Waals surface area contributed by atoms with Crippen LogP contribution >= 0.6 is 20.5 Å². The number of allylic oxidation sites excluding steroid dienone is 2. The summed E-state index contributed by atoms with van der Waals surface area (Å²) in [5, 5.41) is 0. The Morgan fingerprint density at radius 3 is 2.14 bits per heavy atom. The first-order valence-corrected chi connectivity index (χ1v) is 9.42. The van der Waals surface area contributed by atoms with Crippen molar-refractivity contribution in [1.82, 2.24) is 4.31 Å². The number of hydrogen-bond acceptors (Lipinski definition) is 2. The Bertz CT molecular complexity index is 773. The van der Waals surface area contributed by atoms with E-state index in [4.69, 9.17) is 0 Å². The van der Waals surface area contributed by atoms with Gasteiger partial charge in [0.25, 0.3) is 0 Å². The maximum atomic E-state index is 2.37. The van der Waals surface area contributed by atoms with Crippen molar-refractivity contribution in [3.8, 4) is 0 Å². The van der Waals surface area contributed by atoms with Gasteiger partial charge in [-0.3, -0.25) is 0 Å². The minimum atomic E-state index is 0.108. The Labute approximate surface area is 131 Å². The lowest BCUT2D eigenvalue weighted by Gasteiger charge is -2.13. The Kier molecular flexibility index (Phi) is 3.24. The van der Waals surface area contributed by atoms with Crippen molar-refractivity contribution in [2.24, 2.45) is 0 Å². The van der Waals surface area contributed by atoms with Gasteiger partial charge in [-0.15, -0.1) is 0 Å². The quantitative estimate of drug-likeness (QED) is 0.565. The molecular formula is C18H15NS2. The molecule has 1 nitrogen and oxygen atoms in total. The van der Waals surface area contributed by atoms with E-state index in [1.54, 1.807) is 0 Å². The largest absolute Gasteiger partial charge is 0.322 e. The predicted octanol–water partition coefficient (Wildman–Crippen LogP) is 5.03. The van der Waals surface area contributed by atoms with Gasteiger partial charge in [0, 0.05) is 28.6 Å². The molecule has 0 N–H and O–H groups in total. The van der Waals surface area contributed by atoms with E-state index < -0.39 is 0 Å². The van der Waals surface area contributed by atoms with Gasteiger partial charge in [0.05, 0.1) is 0 Å². The zero-order valence-corrected chi connectivity index (χ0v) is 13.3. The molecule has 2 aromatic carbocycles. The summed E-state index contributed by atoms with van der Waals surface area (Å²) in [6.07, 6.45) is 4.64. The molecule has 0 aromatic heterocycles. The van der Waals surface area contributed by atoms with Crippen LogP contribution in [0.15, 0.2) is 72.9 Å². The molecular weight excluding hydrogens is 294 g/mol. The van der Waals surface area contributed by atoms with E-state index in [-0.39, 0.29) is 9.70 Å². The van der Waals surface area contributed by atoms with Gasteiger partial charge in [-0.25, -0.2) is 0 Å². The second kappa shape index (κ2) is 5.24. The third-order valence-corrected chi connectivity index (χ3v) is 7.89. The van der Waals surface area contributed by atoms with Crippen molar-refractivity contribution in [2.75, 3.05) is 7.05 Å². The molecule has 0 radical (unpaired) electrons. The molecule has 0 aliphatic carbocycles. The molecule has 2 heterocycles. The third-order valence-electron chi connectivity index (χ3n) is 3.60. The SMILES string of the molecule is CN1C=C(c2ccccc2)C2=S1SC(c1ccccc1)=C2. The molecule has 0 saturated carbocycles. The Morgan fingerprint density at radius 1 is 0.857 bits per heavy atom. The van der Waals surface area contributed by atoms with Crippen LogP contribution in [0.5, 0.6) is 0 Å². The average Bonchev–Trinajstić information content (AvgIpc) is 3.10. The number of nitrogens with zero attached hydrogens (tertiary/aromatic N) is 1. The fraction of sp³-hybridized carbons (Fsp3) is 0.0556. The lowest BCUT2D eigenvalue weighted by Crippen LogP contribution is -1.95. The van der Waals surface area contributed by atoms with Gasteiger partial charge in [-0.2, -0.15) is 0 Å². The third kappa shape index (κ3) is 2.27. The maximum Gasteiger partial charge on any atom is 0.0383 e. The summed E-state index contributed by atoms with van der Waals surface area (Å²) in [6.45, 7) is 0. The summed E-state index contributed by atoms with van der Waals surface area (Å²) < 4.78 is 2.34. The van der Waals surface area contributed by atoms with Crippen LogP contribution in [0.25, 0.3) is 10.5 Å². The fourth-order valence-electron chi connectivity index (χ4n) is 2.57. The normalized spacial score (nSPS) is 20.3. The zero-order chi connectivity index (χ0) is 14.2. The van der Waals surface area contributed by atoms with Crippen LogP contribution < -0.4 is 0 Å². The van der Waals surface area contributed by atoms with Gasteiger partial charge in [-0.1, -0.05) is 60.7 Å². The molecule has 0 fully saturated rings. The van der Waals surface area contributed by atoms with Crippen molar-refractivity contribution in [3.63, 3.8) is 0 Å². The Balaban J connectivity index is 1.74. The smallest absolute Gasteiger partial charge is 0.0383 e. The molecule has 2 aromatic rings. The first kappa shape index (κ1) is 13.0. The first-order valence-electron chi connectivity index (χ1n) is 6.90. The van der Waals surface area contributed by atoms with E-state index >= 15 is 0 Å². The highest BCUT2D eigenvalue weighted by atomic mass is 33.1. The van der Waals surface area contributed by atoms with Gasteiger partial charge in [0.1, 0.15) is 0 Å². The summed E-state index contributed by atoms with van der Waals surface area (Å²) in [7, 11) is 4.25. The second-order valence-electron chi connectivity index (χ2n) is 5.03. The van der Waals surface area contributed by atoms with Crippen LogP contribution in [0, 0.1) is 0 Å². The van der Waals surface area contributed by atoms with Crippen molar-refractivity contribution < 1.29 is 0 Å². The minimum absolute atomic E-state index is 0.108. The van der Waals surface area contributed by atoms with Crippen LogP contribution in [0.2, 0.25) is 0 Å². The van der Waals surface area contributed by atoms with Crippen molar-refractivity contribution in [1.29, 1.82) is 0 Å². The van der Waals surface area contributed by atoms with Crippen LogP contribution in [0.4, 0.5) is 0 Å². The Morgan fingerprint density at radius 2 is 1.48 bits per heavy atom. The summed E-state index contributed by atoms with van der Waals surface area (Å²) in [6, 6.07) is 21.3. The topological polar surface area (TPSA) is 3.24 Å². The molecule has 0 spiro atoms. The predicted molar refractivity (Wildman–Crippen MR) is 96.8 cm³/mol. The highest BCUT2D eigenvalue weighted by Gasteiger charge is 2.27. The lowest BCUT2D eigenvalue weighted by molar-refractivity contribution is 0.789. The van der Waals surface area contributed by atoms with E-state index in [0.29, 0.717) is 0 Å². The molecule has 1 atom stereocenters. The molecule has 2 aliphatic heterocycles. The van der Waals surface area contributed by atoms with E-state index in [1.807, 2.05) is 10.8 Å². The van der Waals surface area contributed by atoms with Crippen LogP contribution in [-0.2, 0) is 0 Å². The summed E-state index contributed by atoms with van der Waals surface area (Å²) in [5.74, 6) is 0.